The maximum absolute atomic E-state index is 13.7. The van der Waals surface area contributed by atoms with Gasteiger partial charge in [0.2, 0.25) is 17.7 Å². The molecule has 2 aromatic carbocycles. The van der Waals surface area contributed by atoms with Crippen molar-refractivity contribution in [3.05, 3.63) is 89.7 Å². The third-order valence-corrected chi connectivity index (χ3v) is 7.42. The van der Waals surface area contributed by atoms with Gasteiger partial charge in [-0.05, 0) is 61.4 Å². The number of carbonyl (C=O) groups is 3. The molecule has 3 atom stereocenters. The van der Waals surface area contributed by atoms with Crippen LogP contribution >= 0.6 is 0 Å². The van der Waals surface area contributed by atoms with Crippen LogP contribution < -0.4 is 26.0 Å². The number of aromatic nitrogens is 1. The minimum atomic E-state index is -0.818. The summed E-state index contributed by atoms with van der Waals surface area (Å²) in [4.78, 5) is 40.5. The SMILES string of the molecule is Cc1cccc(C[C@H]2NCCOc3ccccc3CCCNC(=O)[C@H](Cn3cccc3)NC(=O)[C@@H](C(C)C)NC2=O)c1. The number of nitrogens with one attached hydrogen (secondary N) is 4. The quantitative estimate of drug-likeness (QED) is 0.375. The van der Waals surface area contributed by atoms with Gasteiger partial charge < -0.3 is 30.6 Å². The lowest BCUT2D eigenvalue weighted by Gasteiger charge is -2.28. The van der Waals surface area contributed by atoms with Gasteiger partial charge in [-0.25, -0.2) is 0 Å². The number of carbonyl (C=O) groups excluding carboxylic acids is 3. The Hall–Kier alpha value is -4.11. The summed E-state index contributed by atoms with van der Waals surface area (Å²) in [5.74, 6) is -0.342. The summed E-state index contributed by atoms with van der Waals surface area (Å²) in [5.41, 5.74) is 3.18. The first-order chi connectivity index (χ1) is 20.3. The molecule has 1 aromatic heterocycles. The highest BCUT2D eigenvalue weighted by Gasteiger charge is 2.31. The smallest absolute Gasteiger partial charge is 0.244 e. The summed E-state index contributed by atoms with van der Waals surface area (Å²) in [5, 5.41) is 12.2. The summed E-state index contributed by atoms with van der Waals surface area (Å²) >= 11 is 0. The predicted molar refractivity (Wildman–Crippen MR) is 163 cm³/mol. The van der Waals surface area contributed by atoms with Crippen LogP contribution in [0, 0.1) is 12.8 Å². The van der Waals surface area contributed by atoms with Gasteiger partial charge in [0, 0.05) is 25.5 Å². The van der Waals surface area contributed by atoms with E-state index >= 15 is 0 Å². The van der Waals surface area contributed by atoms with Gasteiger partial charge in [-0.1, -0.05) is 61.9 Å². The molecule has 42 heavy (non-hydrogen) atoms. The molecular formula is C33H43N5O4. The molecule has 0 bridgehead atoms. The highest BCUT2D eigenvalue weighted by molar-refractivity contribution is 5.93. The van der Waals surface area contributed by atoms with E-state index in [1.54, 1.807) is 0 Å². The zero-order valence-corrected chi connectivity index (χ0v) is 24.8. The number of hydrogen-bond acceptors (Lipinski definition) is 5. The highest BCUT2D eigenvalue weighted by Crippen LogP contribution is 2.19. The Kier molecular flexibility index (Phi) is 11.2. The number of rotatable bonds is 5. The van der Waals surface area contributed by atoms with Crippen molar-refractivity contribution >= 4 is 17.7 Å². The van der Waals surface area contributed by atoms with Crippen LogP contribution in [0.4, 0.5) is 0 Å². The minimum absolute atomic E-state index is 0.200. The van der Waals surface area contributed by atoms with Crippen molar-refractivity contribution in [2.24, 2.45) is 5.92 Å². The maximum atomic E-state index is 13.7. The monoisotopic (exact) mass is 573 g/mol. The number of amides is 3. The Morgan fingerprint density at radius 1 is 0.881 bits per heavy atom. The number of ether oxygens (including phenoxy) is 1. The van der Waals surface area contributed by atoms with Crippen molar-refractivity contribution in [2.45, 2.75) is 64.7 Å². The zero-order valence-electron chi connectivity index (χ0n) is 24.8. The molecule has 0 saturated heterocycles. The van der Waals surface area contributed by atoms with E-state index in [0.717, 1.165) is 35.3 Å². The average Bonchev–Trinajstić information content (AvgIpc) is 3.48. The molecule has 0 radical (unpaired) electrons. The maximum Gasteiger partial charge on any atom is 0.244 e. The van der Waals surface area contributed by atoms with Crippen molar-refractivity contribution in [1.29, 1.82) is 0 Å². The van der Waals surface area contributed by atoms with Gasteiger partial charge in [-0.15, -0.1) is 0 Å². The number of hydrogen-bond donors (Lipinski definition) is 4. The van der Waals surface area contributed by atoms with E-state index < -0.39 is 24.0 Å². The van der Waals surface area contributed by atoms with E-state index in [1.807, 2.05) is 92.3 Å². The number of fused-ring (bicyclic) bond motifs is 1. The molecule has 3 amide bonds. The average molecular weight is 574 g/mol. The van der Waals surface area contributed by atoms with Crippen LogP contribution in [0.3, 0.4) is 0 Å². The molecule has 4 N–H and O–H groups in total. The molecule has 0 unspecified atom stereocenters. The standard InChI is InChI=1S/C33H43N5O4/c1-23(2)30-33(41)36-28(22-38-17-6-7-18-38)31(39)35-15-9-13-26-12-4-5-14-29(26)42-19-16-34-27(32(40)37-30)21-25-11-8-10-24(3)20-25/h4-8,10-12,14,17-18,20,23,27-28,30,34H,9,13,15-16,19,21-22H2,1-3H3,(H,35,39)(H,36,41)(H,37,40)/t27-,28+,30-/m1/s1. The second-order valence-corrected chi connectivity index (χ2v) is 11.2. The van der Waals surface area contributed by atoms with Crippen molar-refractivity contribution in [2.75, 3.05) is 19.7 Å². The summed E-state index contributed by atoms with van der Waals surface area (Å²) in [6, 6.07) is 17.5. The fraction of sp³-hybridized carbons (Fsp3) is 0.424. The Morgan fingerprint density at radius 2 is 1.67 bits per heavy atom. The third kappa shape index (κ3) is 8.94. The molecule has 4 rings (SSSR count). The van der Waals surface area contributed by atoms with Crippen LogP contribution in [0.1, 0.15) is 37.0 Å². The molecule has 224 valence electrons. The lowest BCUT2D eigenvalue weighted by Crippen LogP contribution is -2.59. The number of nitrogens with zero attached hydrogens (tertiary/aromatic N) is 1. The Bertz CT molecular complexity index is 1320. The van der Waals surface area contributed by atoms with Gasteiger partial charge in [0.05, 0.1) is 12.6 Å². The summed E-state index contributed by atoms with van der Waals surface area (Å²) in [6.45, 7) is 7.34. The molecule has 0 spiro atoms. The van der Waals surface area contributed by atoms with E-state index in [-0.39, 0.29) is 24.3 Å². The van der Waals surface area contributed by atoms with Crippen LogP contribution in [0.5, 0.6) is 5.75 Å². The zero-order chi connectivity index (χ0) is 29.9. The molecular weight excluding hydrogens is 530 g/mol. The topological polar surface area (TPSA) is 113 Å². The van der Waals surface area contributed by atoms with Gasteiger partial charge >= 0.3 is 0 Å². The van der Waals surface area contributed by atoms with Crippen LogP contribution in [0.15, 0.2) is 73.1 Å². The summed E-state index contributed by atoms with van der Waals surface area (Å²) < 4.78 is 7.97. The van der Waals surface area contributed by atoms with Gasteiger partial charge in [-0.3, -0.25) is 14.4 Å². The van der Waals surface area contributed by atoms with Gasteiger partial charge in [0.25, 0.3) is 0 Å². The van der Waals surface area contributed by atoms with Crippen molar-refractivity contribution < 1.29 is 19.1 Å². The van der Waals surface area contributed by atoms with Crippen molar-refractivity contribution in [3.63, 3.8) is 0 Å². The fourth-order valence-corrected chi connectivity index (χ4v) is 5.14. The van der Waals surface area contributed by atoms with Gasteiger partial charge in [0.1, 0.15) is 24.4 Å². The first-order valence-corrected chi connectivity index (χ1v) is 14.8. The van der Waals surface area contributed by atoms with Crippen LogP contribution in [0.25, 0.3) is 0 Å². The second kappa shape index (κ2) is 15.2. The summed E-state index contributed by atoms with van der Waals surface area (Å²) in [7, 11) is 0. The number of benzene rings is 2. The van der Waals surface area contributed by atoms with E-state index in [2.05, 4.69) is 27.3 Å². The number of aryl methyl sites for hydroxylation is 2. The number of para-hydroxylation sites is 1. The van der Waals surface area contributed by atoms with Crippen LogP contribution in [0.2, 0.25) is 0 Å². The van der Waals surface area contributed by atoms with E-state index in [1.165, 1.54) is 0 Å². The first kappa shape index (κ1) is 30.8. The Labute approximate surface area is 248 Å². The fourth-order valence-electron chi connectivity index (χ4n) is 5.14. The normalized spacial score (nSPS) is 21.2. The van der Waals surface area contributed by atoms with E-state index in [9.17, 15) is 14.4 Å². The van der Waals surface area contributed by atoms with Gasteiger partial charge in [0.15, 0.2) is 0 Å². The van der Waals surface area contributed by atoms with E-state index in [4.69, 9.17) is 4.74 Å². The van der Waals surface area contributed by atoms with Crippen LogP contribution in [-0.2, 0) is 33.8 Å². The largest absolute Gasteiger partial charge is 0.492 e. The molecule has 9 heteroatoms. The predicted octanol–water partition coefficient (Wildman–Crippen LogP) is 2.76. The van der Waals surface area contributed by atoms with Crippen LogP contribution in [-0.4, -0.2) is 60.1 Å². The molecule has 0 saturated carbocycles. The summed E-state index contributed by atoms with van der Waals surface area (Å²) in [6.07, 6.45) is 5.61. The molecule has 9 nitrogen and oxygen atoms in total. The van der Waals surface area contributed by atoms with Gasteiger partial charge in [-0.2, -0.15) is 0 Å². The van der Waals surface area contributed by atoms with Crippen molar-refractivity contribution in [1.82, 2.24) is 25.8 Å². The molecule has 2 heterocycles. The minimum Gasteiger partial charge on any atom is -0.492 e. The molecule has 1 aliphatic rings. The molecule has 1 aliphatic heterocycles. The van der Waals surface area contributed by atoms with Crippen molar-refractivity contribution in [3.8, 4) is 5.75 Å². The second-order valence-electron chi connectivity index (χ2n) is 11.2. The molecule has 3 aromatic rings. The first-order valence-electron chi connectivity index (χ1n) is 14.8. The Balaban J connectivity index is 1.59. The highest BCUT2D eigenvalue weighted by atomic mass is 16.5. The lowest BCUT2D eigenvalue weighted by atomic mass is 10.00. The van der Waals surface area contributed by atoms with E-state index in [0.29, 0.717) is 26.1 Å². The Morgan fingerprint density at radius 3 is 2.43 bits per heavy atom. The third-order valence-electron chi connectivity index (χ3n) is 7.42. The molecule has 0 fully saturated rings. The molecule has 0 aliphatic carbocycles. The lowest BCUT2D eigenvalue weighted by molar-refractivity contribution is -0.133.